The third-order valence-electron chi connectivity index (χ3n) is 4.83. The highest BCUT2D eigenvalue weighted by Crippen LogP contribution is 2.18. The minimum atomic E-state index is -0.646. The van der Waals surface area contributed by atoms with Crippen LogP contribution in [-0.2, 0) is 17.9 Å². The van der Waals surface area contributed by atoms with Crippen LogP contribution in [0.3, 0.4) is 0 Å². The van der Waals surface area contributed by atoms with Gasteiger partial charge in [-0.05, 0) is 11.6 Å². The molecule has 0 bridgehead atoms. The Balaban J connectivity index is 1.75. The van der Waals surface area contributed by atoms with Crippen molar-refractivity contribution in [3.05, 3.63) is 86.6 Å². The van der Waals surface area contributed by atoms with Gasteiger partial charge < -0.3 is 20.7 Å². The number of H-pyrrole nitrogens is 1. The summed E-state index contributed by atoms with van der Waals surface area (Å²) in [7, 11) is 3.13. The molecule has 0 aliphatic heterocycles. The minimum absolute atomic E-state index is 0.00219. The van der Waals surface area contributed by atoms with Gasteiger partial charge >= 0.3 is 5.69 Å². The van der Waals surface area contributed by atoms with Crippen LogP contribution in [0.4, 0.5) is 11.5 Å². The van der Waals surface area contributed by atoms with E-state index in [-0.39, 0.29) is 37.0 Å². The predicted octanol–water partition coefficient (Wildman–Crippen LogP) is 0.928. The van der Waals surface area contributed by atoms with Crippen molar-refractivity contribution in [1.29, 1.82) is 0 Å². The lowest BCUT2D eigenvalue weighted by atomic mass is 10.2. The van der Waals surface area contributed by atoms with Gasteiger partial charge in [0.15, 0.2) is 0 Å². The Hall–Kier alpha value is -4.01. The summed E-state index contributed by atoms with van der Waals surface area (Å²) in [4.78, 5) is 40.9. The molecule has 9 nitrogen and oxygen atoms in total. The number of carbonyl (C=O) groups is 1. The number of ether oxygens (including phenoxy) is 1. The summed E-state index contributed by atoms with van der Waals surface area (Å²) in [6, 6.07) is 16.6. The Morgan fingerprint density at radius 1 is 1.13 bits per heavy atom. The molecule has 2 aromatic carbocycles. The van der Waals surface area contributed by atoms with Gasteiger partial charge in [0.2, 0.25) is 5.91 Å². The number of nitrogen functional groups attached to an aromatic ring is 1. The van der Waals surface area contributed by atoms with Crippen molar-refractivity contribution in [2.24, 2.45) is 0 Å². The van der Waals surface area contributed by atoms with Gasteiger partial charge in [-0.2, -0.15) is 0 Å². The number of aromatic nitrogens is 2. The average molecular weight is 423 g/mol. The molecule has 31 heavy (non-hydrogen) atoms. The van der Waals surface area contributed by atoms with Crippen LogP contribution in [0.1, 0.15) is 11.1 Å². The van der Waals surface area contributed by atoms with E-state index in [0.29, 0.717) is 5.75 Å². The number of methoxy groups -OCH3 is 1. The maximum Gasteiger partial charge on any atom is 0.330 e. The molecule has 3 rings (SSSR count). The van der Waals surface area contributed by atoms with Gasteiger partial charge in [-0.15, -0.1) is 0 Å². The zero-order valence-corrected chi connectivity index (χ0v) is 17.4. The van der Waals surface area contributed by atoms with Crippen LogP contribution >= 0.6 is 0 Å². The number of carbonyl (C=O) groups excluding carboxylic acids is 1. The topological polar surface area (TPSA) is 122 Å². The number of nitrogens with zero attached hydrogens (tertiary/aromatic N) is 2. The van der Waals surface area contributed by atoms with Crippen LogP contribution in [0, 0.1) is 0 Å². The molecule has 0 fully saturated rings. The summed E-state index contributed by atoms with van der Waals surface area (Å²) in [5.41, 5.74) is 6.65. The number of hydrogen-bond acceptors (Lipinski definition) is 6. The molecule has 3 aromatic rings. The normalized spacial score (nSPS) is 10.5. The van der Waals surface area contributed by atoms with E-state index in [1.807, 2.05) is 54.6 Å². The van der Waals surface area contributed by atoms with Gasteiger partial charge in [-0.1, -0.05) is 48.5 Å². The lowest BCUT2D eigenvalue weighted by Gasteiger charge is -2.21. The van der Waals surface area contributed by atoms with Crippen LogP contribution in [0.15, 0.2) is 64.2 Å². The molecule has 162 valence electrons. The first-order chi connectivity index (χ1) is 14.9. The second kappa shape index (κ2) is 9.66. The smallest absolute Gasteiger partial charge is 0.330 e. The van der Waals surface area contributed by atoms with Gasteiger partial charge in [0.25, 0.3) is 5.56 Å². The highest BCUT2D eigenvalue weighted by atomic mass is 16.5. The molecule has 0 unspecified atom stereocenters. The molecule has 0 aliphatic rings. The zero-order chi connectivity index (χ0) is 22.4. The van der Waals surface area contributed by atoms with E-state index in [1.165, 1.54) is 9.47 Å². The van der Waals surface area contributed by atoms with Crippen molar-refractivity contribution in [2.75, 3.05) is 31.3 Å². The van der Waals surface area contributed by atoms with Gasteiger partial charge in [0.05, 0.1) is 20.2 Å². The number of likely N-dealkylation sites (N-methyl/N-ethyl adjacent to an activating group) is 1. The van der Waals surface area contributed by atoms with Crippen molar-refractivity contribution in [1.82, 2.24) is 14.9 Å². The Labute approximate surface area is 179 Å². The monoisotopic (exact) mass is 423 g/mol. The summed E-state index contributed by atoms with van der Waals surface area (Å²) >= 11 is 0. The quantitative estimate of drug-likeness (QED) is 0.495. The fourth-order valence-electron chi connectivity index (χ4n) is 3.26. The van der Waals surface area contributed by atoms with E-state index >= 15 is 0 Å². The standard InChI is InChI=1S/C22H25N5O4/c1-26(14-18(28)24-12-16-10-6-7-11-17(16)31-2)19-20(23)27(22(30)25-21(19)29)13-15-8-4-3-5-9-15/h3-11H,12-14,23H2,1-2H3,(H,24,28)(H,25,29,30). The largest absolute Gasteiger partial charge is 0.496 e. The summed E-state index contributed by atoms with van der Waals surface area (Å²) < 4.78 is 6.55. The maximum atomic E-state index is 12.5. The number of nitrogens with one attached hydrogen (secondary N) is 2. The van der Waals surface area contributed by atoms with Crippen LogP contribution < -0.4 is 31.9 Å². The number of hydrogen-bond donors (Lipinski definition) is 3. The van der Waals surface area contributed by atoms with Gasteiger partial charge in [0, 0.05) is 19.2 Å². The summed E-state index contributed by atoms with van der Waals surface area (Å²) in [6.07, 6.45) is 0. The number of nitrogens with two attached hydrogens (primary N) is 1. The zero-order valence-electron chi connectivity index (χ0n) is 17.4. The second-order valence-corrected chi connectivity index (χ2v) is 7.01. The highest BCUT2D eigenvalue weighted by Gasteiger charge is 2.18. The first-order valence-electron chi connectivity index (χ1n) is 9.67. The molecule has 1 aromatic heterocycles. The Morgan fingerprint density at radius 2 is 1.81 bits per heavy atom. The average Bonchev–Trinajstić information content (AvgIpc) is 2.76. The molecular weight excluding hydrogens is 398 g/mol. The lowest BCUT2D eigenvalue weighted by Crippen LogP contribution is -2.41. The number of para-hydroxylation sites is 1. The van der Waals surface area contributed by atoms with Crippen molar-refractivity contribution in [3.63, 3.8) is 0 Å². The van der Waals surface area contributed by atoms with E-state index in [1.54, 1.807) is 14.2 Å². The van der Waals surface area contributed by atoms with Crippen LogP contribution in [-0.4, -0.2) is 36.2 Å². The number of rotatable bonds is 8. The number of aromatic amines is 1. The minimum Gasteiger partial charge on any atom is -0.496 e. The fraction of sp³-hybridized carbons (Fsp3) is 0.227. The maximum absolute atomic E-state index is 12.5. The van der Waals surface area contributed by atoms with Crippen LogP contribution in [0.5, 0.6) is 5.75 Å². The summed E-state index contributed by atoms with van der Waals surface area (Å²) in [6.45, 7) is 0.352. The molecule has 0 aliphatic carbocycles. The Morgan fingerprint density at radius 3 is 2.52 bits per heavy atom. The van der Waals surface area contributed by atoms with Crippen molar-refractivity contribution >= 4 is 17.4 Å². The van der Waals surface area contributed by atoms with Gasteiger partial charge in [-0.3, -0.25) is 19.1 Å². The van der Waals surface area contributed by atoms with Gasteiger partial charge in [-0.25, -0.2) is 4.79 Å². The second-order valence-electron chi connectivity index (χ2n) is 7.01. The molecule has 0 atom stereocenters. The number of benzene rings is 2. The molecular formula is C22H25N5O4. The number of anilines is 2. The Bertz CT molecular complexity index is 1170. The molecule has 1 amide bonds. The summed E-state index contributed by atoms with van der Waals surface area (Å²) in [5, 5.41) is 2.80. The van der Waals surface area contributed by atoms with E-state index in [2.05, 4.69) is 10.3 Å². The van der Waals surface area contributed by atoms with E-state index in [0.717, 1.165) is 11.1 Å². The Kier molecular flexibility index (Phi) is 6.76. The molecule has 4 N–H and O–H groups in total. The third-order valence-corrected chi connectivity index (χ3v) is 4.83. The van der Waals surface area contributed by atoms with Crippen molar-refractivity contribution in [3.8, 4) is 5.75 Å². The fourth-order valence-corrected chi connectivity index (χ4v) is 3.26. The van der Waals surface area contributed by atoms with Crippen molar-refractivity contribution in [2.45, 2.75) is 13.1 Å². The molecule has 1 heterocycles. The van der Waals surface area contributed by atoms with E-state index < -0.39 is 11.2 Å². The SMILES string of the molecule is COc1ccccc1CNC(=O)CN(C)c1c(N)n(Cc2ccccc2)c(=O)[nH]c1=O. The summed E-state index contributed by atoms with van der Waals surface area (Å²) in [5.74, 6) is 0.357. The molecule has 0 spiro atoms. The molecule has 0 saturated heterocycles. The lowest BCUT2D eigenvalue weighted by molar-refractivity contribution is -0.119. The van der Waals surface area contributed by atoms with Crippen LogP contribution in [0.25, 0.3) is 0 Å². The molecule has 0 saturated carbocycles. The molecule has 0 radical (unpaired) electrons. The van der Waals surface area contributed by atoms with Crippen molar-refractivity contribution < 1.29 is 9.53 Å². The van der Waals surface area contributed by atoms with Gasteiger partial charge in [0.1, 0.15) is 17.3 Å². The van der Waals surface area contributed by atoms with E-state index in [4.69, 9.17) is 10.5 Å². The van der Waals surface area contributed by atoms with Crippen LogP contribution in [0.2, 0.25) is 0 Å². The highest BCUT2D eigenvalue weighted by molar-refractivity contribution is 5.82. The third kappa shape index (κ3) is 5.13. The number of amides is 1. The first kappa shape index (κ1) is 21.7. The predicted molar refractivity (Wildman–Crippen MR) is 119 cm³/mol. The molecule has 9 heteroatoms. The van der Waals surface area contributed by atoms with E-state index in [9.17, 15) is 14.4 Å². The first-order valence-corrected chi connectivity index (χ1v) is 9.67.